The van der Waals surface area contributed by atoms with Gasteiger partial charge in [0.25, 0.3) is 5.69 Å². The number of carbonyl (C=O) groups is 1. The number of aromatic nitrogens is 3. The zero-order chi connectivity index (χ0) is 24.1. The monoisotopic (exact) mass is 473 g/mol. The molecule has 1 amide bonds. The number of carbonyl (C=O) groups excluding carboxylic acids is 1. The number of hydrogen-bond donors (Lipinski definition) is 0. The summed E-state index contributed by atoms with van der Waals surface area (Å²) in [5.41, 5.74) is 2.53. The van der Waals surface area contributed by atoms with Gasteiger partial charge in [0.2, 0.25) is 5.91 Å². The van der Waals surface area contributed by atoms with Gasteiger partial charge in [-0.3, -0.25) is 19.5 Å². The van der Waals surface area contributed by atoms with Crippen LogP contribution < -0.4 is 0 Å². The maximum absolute atomic E-state index is 13.0. The summed E-state index contributed by atoms with van der Waals surface area (Å²) in [5, 5.41) is 20.5. The standard InChI is InChI=1S/C25H23N5O3S/c1-18(20-12-9-15-22(16-20)30(32)33)28(2)23(31)17-34-25-27-26-24(19-10-5-3-6-11-19)29(25)21-13-7-4-8-14-21/h3-16,18H,17H2,1-2H3. The maximum atomic E-state index is 13.0. The van der Waals surface area contributed by atoms with Gasteiger partial charge in [-0.2, -0.15) is 0 Å². The molecule has 9 heteroatoms. The summed E-state index contributed by atoms with van der Waals surface area (Å²) >= 11 is 1.30. The molecule has 0 radical (unpaired) electrons. The summed E-state index contributed by atoms with van der Waals surface area (Å²) in [6.07, 6.45) is 0. The first-order chi connectivity index (χ1) is 16.5. The van der Waals surface area contributed by atoms with E-state index in [1.807, 2.05) is 72.2 Å². The molecule has 0 N–H and O–H groups in total. The average Bonchev–Trinajstić information content (AvgIpc) is 3.31. The van der Waals surface area contributed by atoms with E-state index in [9.17, 15) is 14.9 Å². The molecule has 4 rings (SSSR count). The smallest absolute Gasteiger partial charge is 0.269 e. The van der Waals surface area contributed by atoms with Crippen LogP contribution in [0, 0.1) is 10.1 Å². The van der Waals surface area contributed by atoms with E-state index >= 15 is 0 Å². The first-order valence-corrected chi connectivity index (χ1v) is 11.6. The number of nitrogens with zero attached hydrogens (tertiary/aromatic N) is 5. The Morgan fingerprint density at radius 1 is 1.03 bits per heavy atom. The van der Waals surface area contributed by atoms with Gasteiger partial charge in [-0.15, -0.1) is 10.2 Å². The molecule has 0 spiro atoms. The van der Waals surface area contributed by atoms with E-state index < -0.39 is 4.92 Å². The Balaban J connectivity index is 1.54. The molecule has 172 valence electrons. The number of para-hydroxylation sites is 1. The number of benzene rings is 3. The lowest BCUT2D eigenvalue weighted by Crippen LogP contribution is -2.31. The summed E-state index contributed by atoms with van der Waals surface area (Å²) in [6.45, 7) is 1.85. The number of nitro groups is 1. The Morgan fingerprint density at radius 3 is 2.38 bits per heavy atom. The van der Waals surface area contributed by atoms with Crippen LogP contribution in [0.1, 0.15) is 18.5 Å². The van der Waals surface area contributed by atoms with Gasteiger partial charge < -0.3 is 4.90 Å². The Labute approximate surface area is 201 Å². The van der Waals surface area contributed by atoms with Crippen LogP contribution >= 0.6 is 11.8 Å². The van der Waals surface area contributed by atoms with Gasteiger partial charge in [-0.1, -0.05) is 72.4 Å². The Kier molecular flexibility index (Phi) is 7.03. The highest BCUT2D eigenvalue weighted by atomic mass is 32.2. The summed E-state index contributed by atoms with van der Waals surface area (Å²) in [6, 6.07) is 25.6. The summed E-state index contributed by atoms with van der Waals surface area (Å²) in [4.78, 5) is 25.2. The topological polar surface area (TPSA) is 94.2 Å². The van der Waals surface area contributed by atoms with Crippen LogP contribution in [-0.4, -0.2) is 43.3 Å². The fourth-order valence-corrected chi connectivity index (χ4v) is 4.39. The van der Waals surface area contributed by atoms with Crippen molar-refractivity contribution in [2.24, 2.45) is 0 Å². The van der Waals surface area contributed by atoms with E-state index in [4.69, 9.17) is 0 Å². The molecule has 0 aliphatic carbocycles. The Hall–Kier alpha value is -3.98. The molecule has 1 heterocycles. The molecule has 0 aliphatic rings. The third-order valence-electron chi connectivity index (χ3n) is 5.54. The Morgan fingerprint density at radius 2 is 1.71 bits per heavy atom. The second kappa shape index (κ2) is 10.3. The molecule has 8 nitrogen and oxygen atoms in total. The third kappa shape index (κ3) is 4.99. The molecule has 0 saturated carbocycles. The molecule has 1 unspecified atom stereocenters. The fraction of sp³-hybridized carbons (Fsp3) is 0.160. The van der Waals surface area contributed by atoms with Gasteiger partial charge in [0, 0.05) is 30.4 Å². The minimum atomic E-state index is -0.436. The first-order valence-electron chi connectivity index (χ1n) is 10.6. The van der Waals surface area contributed by atoms with Crippen LogP contribution in [0.5, 0.6) is 0 Å². The second-order valence-corrected chi connectivity index (χ2v) is 8.61. The first kappa shape index (κ1) is 23.2. The molecule has 0 bridgehead atoms. The van der Waals surface area contributed by atoms with Gasteiger partial charge in [0.1, 0.15) is 0 Å². The van der Waals surface area contributed by atoms with E-state index in [-0.39, 0.29) is 23.4 Å². The highest BCUT2D eigenvalue weighted by Crippen LogP contribution is 2.29. The lowest BCUT2D eigenvalue weighted by Gasteiger charge is -2.25. The maximum Gasteiger partial charge on any atom is 0.269 e. The van der Waals surface area contributed by atoms with E-state index in [0.29, 0.717) is 16.5 Å². The minimum absolute atomic E-state index is 0.00368. The highest BCUT2D eigenvalue weighted by molar-refractivity contribution is 7.99. The number of rotatable bonds is 8. The van der Waals surface area contributed by atoms with Crippen molar-refractivity contribution >= 4 is 23.4 Å². The molecule has 34 heavy (non-hydrogen) atoms. The van der Waals surface area contributed by atoms with Crippen LogP contribution in [0.2, 0.25) is 0 Å². The largest absolute Gasteiger partial charge is 0.338 e. The van der Waals surface area contributed by atoms with Crippen molar-refractivity contribution in [2.45, 2.75) is 18.1 Å². The van der Waals surface area contributed by atoms with Gasteiger partial charge in [0.15, 0.2) is 11.0 Å². The van der Waals surface area contributed by atoms with Crippen molar-refractivity contribution in [1.29, 1.82) is 0 Å². The molecule has 1 atom stereocenters. The van der Waals surface area contributed by atoms with Crippen LogP contribution in [0.15, 0.2) is 90.1 Å². The van der Waals surface area contributed by atoms with Crippen LogP contribution in [0.3, 0.4) is 0 Å². The summed E-state index contributed by atoms with van der Waals surface area (Å²) in [5.74, 6) is 0.725. The van der Waals surface area contributed by atoms with Crippen molar-refractivity contribution < 1.29 is 9.72 Å². The predicted octanol–water partition coefficient (Wildman–Crippen LogP) is 5.15. The van der Waals surface area contributed by atoms with Gasteiger partial charge >= 0.3 is 0 Å². The normalized spacial score (nSPS) is 11.7. The third-order valence-corrected chi connectivity index (χ3v) is 6.46. The zero-order valence-electron chi connectivity index (χ0n) is 18.7. The molecular formula is C25H23N5O3S. The Bertz CT molecular complexity index is 1290. The molecule has 4 aromatic rings. The van der Waals surface area contributed by atoms with Crippen LogP contribution in [-0.2, 0) is 4.79 Å². The average molecular weight is 474 g/mol. The van der Waals surface area contributed by atoms with Crippen LogP contribution in [0.4, 0.5) is 5.69 Å². The quantitative estimate of drug-likeness (QED) is 0.199. The van der Waals surface area contributed by atoms with Crippen molar-refractivity contribution in [1.82, 2.24) is 19.7 Å². The molecule has 1 aromatic heterocycles. The second-order valence-electron chi connectivity index (χ2n) is 7.66. The van der Waals surface area contributed by atoms with Crippen molar-refractivity contribution in [3.8, 4) is 17.1 Å². The number of amides is 1. The van der Waals surface area contributed by atoms with Crippen molar-refractivity contribution in [3.63, 3.8) is 0 Å². The van der Waals surface area contributed by atoms with E-state index in [1.165, 1.54) is 23.9 Å². The molecule has 0 saturated heterocycles. The van der Waals surface area contributed by atoms with Crippen LogP contribution in [0.25, 0.3) is 17.1 Å². The zero-order valence-corrected chi connectivity index (χ0v) is 19.6. The summed E-state index contributed by atoms with van der Waals surface area (Å²) in [7, 11) is 1.70. The van der Waals surface area contributed by atoms with E-state index in [0.717, 1.165) is 11.3 Å². The van der Waals surface area contributed by atoms with Crippen molar-refractivity contribution in [3.05, 3.63) is 101 Å². The predicted molar refractivity (Wildman–Crippen MR) is 132 cm³/mol. The fourth-order valence-electron chi connectivity index (χ4n) is 3.51. The van der Waals surface area contributed by atoms with Gasteiger partial charge in [-0.05, 0) is 24.6 Å². The molecule has 3 aromatic carbocycles. The SMILES string of the molecule is CC(c1cccc([N+](=O)[O-])c1)N(C)C(=O)CSc1nnc(-c2ccccc2)n1-c1ccccc1. The lowest BCUT2D eigenvalue weighted by atomic mass is 10.1. The van der Waals surface area contributed by atoms with E-state index in [2.05, 4.69) is 10.2 Å². The number of non-ortho nitro benzene ring substituents is 1. The number of nitro benzene ring substituents is 1. The lowest BCUT2D eigenvalue weighted by molar-refractivity contribution is -0.384. The summed E-state index contributed by atoms with van der Waals surface area (Å²) < 4.78 is 1.94. The highest BCUT2D eigenvalue weighted by Gasteiger charge is 2.22. The number of thioether (sulfide) groups is 1. The van der Waals surface area contributed by atoms with Gasteiger partial charge in [-0.25, -0.2) is 0 Å². The van der Waals surface area contributed by atoms with Crippen molar-refractivity contribution in [2.75, 3.05) is 12.8 Å². The molecular weight excluding hydrogens is 450 g/mol. The van der Waals surface area contributed by atoms with E-state index in [1.54, 1.807) is 24.1 Å². The number of hydrogen-bond acceptors (Lipinski definition) is 6. The molecule has 0 aliphatic heterocycles. The molecule has 0 fully saturated rings. The minimum Gasteiger partial charge on any atom is -0.338 e. The van der Waals surface area contributed by atoms with Gasteiger partial charge in [0.05, 0.1) is 16.7 Å².